The molecule has 2 N–H and O–H groups in total. The number of benzene rings is 1. The molecule has 6 heteroatoms. The smallest absolute Gasteiger partial charge is 0.251 e. The van der Waals surface area contributed by atoms with Crippen molar-refractivity contribution in [2.24, 2.45) is 0 Å². The molecule has 1 aliphatic rings. The summed E-state index contributed by atoms with van der Waals surface area (Å²) in [5.74, 6) is -0.0451. The molecule has 3 rings (SSSR count). The number of hydrogen-bond acceptors (Lipinski definition) is 4. The van der Waals surface area contributed by atoms with E-state index in [1.165, 1.54) is 0 Å². The molecule has 1 aromatic carbocycles. The fourth-order valence-corrected chi connectivity index (χ4v) is 2.15. The van der Waals surface area contributed by atoms with Crippen molar-refractivity contribution in [1.82, 2.24) is 20.6 Å². The van der Waals surface area contributed by atoms with Crippen LogP contribution in [0.25, 0.3) is 11.0 Å². The minimum atomic E-state index is -0.0451. The third-order valence-electron chi connectivity index (χ3n) is 3.13. The molecule has 1 aliphatic heterocycles. The van der Waals surface area contributed by atoms with E-state index in [0.717, 1.165) is 30.5 Å². The van der Waals surface area contributed by atoms with Crippen molar-refractivity contribution in [3.63, 3.8) is 0 Å². The lowest BCUT2D eigenvalue weighted by molar-refractivity contribution is 0.0940. The van der Waals surface area contributed by atoms with Gasteiger partial charge in [0, 0.05) is 30.5 Å². The van der Waals surface area contributed by atoms with Gasteiger partial charge >= 0.3 is 0 Å². The second-order valence-corrected chi connectivity index (χ2v) is 4.42. The van der Waals surface area contributed by atoms with Crippen molar-refractivity contribution < 1.29 is 4.79 Å². The number of aromatic nitrogens is 2. The van der Waals surface area contributed by atoms with Gasteiger partial charge in [-0.3, -0.25) is 14.8 Å². The highest BCUT2D eigenvalue weighted by atomic mass is 35.5. The summed E-state index contributed by atoms with van der Waals surface area (Å²) in [4.78, 5) is 20.4. The zero-order valence-corrected chi connectivity index (χ0v) is 11.1. The van der Waals surface area contributed by atoms with Crippen LogP contribution in [0.2, 0.25) is 0 Å². The molecule has 1 amide bonds. The lowest BCUT2D eigenvalue weighted by Gasteiger charge is -2.11. The van der Waals surface area contributed by atoms with E-state index in [9.17, 15) is 4.79 Å². The summed E-state index contributed by atoms with van der Waals surface area (Å²) in [5.41, 5.74) is 2.18. The van der Waals surface area contributed by atoms with Crippen LogP contribution in [0.3, 0.4) is 0 Å². The number of hydrogen-bond donors (Lipinski definition) is 2. The quantitative estimate of drug-likeness (QED) is 0.865. The first-order valence-electron chi connectivity index (χ1n) is 6.05. The van der Waals surface area contributed by atoms with Gasteiger partial charge in [-0.25, -0.2) is 0 Å². The van der Waals surface area contributed by atoms with Gasteiger partial charge in [-0.15, -0.1) is 12.4 Å². The van der Waals surface area contributed by atoms with Crippen LogP contribution in [0.15, 0.2) is 30.6 Å². The number of carbonyl (C=O) groups is 1. The van der Waals surface area contributed by atoms with E-state index >= 15 is 0 Å². The van der Waals surface area contributed by atoms with Crippen molar-refractivity contribution >= 4 is 29.3 Å². The topological polar surface area (TPSA) is 66.9 Å². The highest BCUT2D eigenvalue weighted by Crippen LogP contribution is 2.11. The highest BCUT2D eigenvalue weighted by molar-refractivity contribution is 5.97. The first-order valence-corrected chi connectivity index (χ1v) is 6.05. The molecule has 0 bridgehead atoms. The van der Waals surface area contributed by atoms with Gasteiger partial charge < -0.3 is 10.6 Å². The first kappa shape index (κ1) is 13.7. The van der Waals surface area contributed by atoms with E-state index in [4.69, 9.17) is 0 Å². The average molecular weight is 279 g/mol. The molecule has 5 nitrogen and oxygen atoms in total. The van der Waals surface area contributed by atoms with E-state index < -0.39 is 0 Å². The maximum absolute atomic E-state index is 12.1. The van der Waals surface area contributed by atoms with Crippen LogP contribution in [0.5, 0.6) is 0 Å². The Kier molecular flexibility index (Phi) is 4.29. The number of nitrogens with zero attached hydrogens (tertiary/aromatic N) is 2. The molecular weight excluding hydrogens is 264 g/mol. The van der Waals surface area contributed by atoms with Crippen LogP contribution in [0, 0.1) is 0 Å². The van der Waals surface area contributed by atoms with E-state index in [0.29, 0.717) is 5.56 Å². The molecule has 0 aliphatic carbocycles. The van der Waals surface area contributed by atoms with Crippen LogP contribution < -0.4 is 10.6 Å². The van der Waals surface area contributed by atoms with E-state index in [-0.39, 0.29) is 24.4 Å². The summed E-state index contributed by atoms with van der Waals surface area (Å²) in [7, 11) is 0. The fourth-order valence-electron chi connectivity index (χ4n) is 2.15. The Morgan fingerprint density at radius 2 is 2.05 bits per heavy atom. The number of rotatable bonds is 2. The van der Waals surface area contributed by atoms with Crippen molar-refractivity contribution in [1.29, 1.82) is 0 Å². The third kappa shape index (κ3) is 3.00. The maximum atomic E-state index is 12.1. The fraction of sp³-hybridized carbons (Fsp3) is 0.308. The molecule has 1 atom stereocenters. The number of fused-ring (bicyclic) bond motifs is 1. The Balaban J connectivity index is 0.00000133. The number of halogens is 1. The number of nitrogens with one attached hydrogen (secondary N) is 2. The summed E-state index contributed by atoms with van der Waals surface area (Å²) in [6.07, 6.45) is 4.26. The second kappa shape index (κ2) is 5.95. The zero-order valence-electron chi connectivity index (χ0n) is 10.3. The SMILES string of the molecule is Cl.O=C(NC1CCNC1)c1ccc2nccnc2c1. The Bertz CT molecular complexity index is 584. The van der Waals surface area contributed by atoms with Gasteiger partial charge in [-0.1, -0.05) is 0 Å². The first-order chi connectivity index (χ1) is 8.83. The molecular formula is C13H15ClN4O. The highest BCUT2D eigenvalue weighted by Gasteiger charge is 2.17. The Morgan fingerprint density at radius 3 is 2.79 bits per heavy atom. The van der Waals surface area contributed by atoms with Gasteiger partial charge in [0.05, 0.1) is 11.0 Å². The van der Waals surface area contributed by atoms with Crippen molar-refractivity contribution in [2.45, 2.75) is 12.5 Å². The van der Waals surface area contributed by atoms with Crippen LogP contribution in [0.4, 0.5) is 0 Å². The molecule has 100 valence electrons. The molecule has 19 heavy (non-hydrogen) atoms. The van der Waals surface area contributed by atoms with E-state index in [2.05, 4.69) is 20.6 Å². The van der Waals surface area contributed by atoms with Crippen LogP contribution in [-0.2, 0) is 0 Å². The summed E-state index contributed by atoms with van der Waals surface area (Å²) in [6, 6.07) is 5.62. The van der Waals surface area contributed by atoms with Gasteiger partial charge in [0.2, 0.25) is 0 Å². The third-order valence-corrected chi connectivity index (χ3v) is 3.13. The zero-order chi connectivity index (χ0) is 12.4. The van der Waals surface area contributed by atoms with Gasteiger partial charge in [-0.05, 0) is 31.2 Å². The van der Waals surface area contributed by atoms with Crippen LogP contribution in [0.1, 0.15) is 16.8 Å². The maximum Gasteiger partial charge on any atom is 0.251 e. The molecule has 1 fully saturated rings. The molecule has 0 saturated carbocycles. The lowest BCUT2D eigenvalue weighted by atomic mass is 10.1. The summed E-state index contributed by atoms with van der Waals surface area (Å²) >= 11 is 0. The average Bonchev–Trinajstić information content (AvgIpc) is 2.91. The minimum absolute atomic E-state index is 0. The van der Waals surface area contributed by atoms with E-state index in [1.807, 2.05) is 6.07 Å². The molecule has 1 aromatic heterocycles. The van der Waals surface area contributed by atoms with Crippen LogP contribution >= 0.6 is 12.4 Å². The monoisotopic (exact) mass is 278 g/mol. The van der Waals surface area contributed by atoms with Gasteiger partial charge in [0.25, 0.3) is 5.91 Å². The van der Waals surface area contributed by atoms with E-state index in [1.54, 1.807) is 24.5 Å². The summed E-state index contributed by atoms with van der Waals surface area (Å²) in [6.45, 7) is 1.81. The molecule has 0 spiro atoms. The van der Waals surface area contributed by atoms with Gasteiger partial charge in [-0.2, -0.15) is 0 Å². The second-order valence-electron chi connectivity index (χ2n) is 4.42. The summed E-state index contributed by atoms with van der Waals surface area (Å²) in [5, 5.41) is 6.23. The van der Waals surface area contributed by atoms with Crippen molar-refractivity contribution in [3.8, 4) is 0 Å². The standard InChI is InChI=1S/C13H14N4O.ClH/c18-13(17-10-3-4-14-8-10)9-1-2-11-12(7-9)16-6-5-15-11;/h1-2,5-7,10,14H,3-4,8H2,(H,17,18);1H. The Hall–Kier alpha value is -1.72. The Morgan fingerprint density at radius 1 is 1.26 bits per heavy atom. The van der Waals surface area contributed by atoms with Gasteiger partial charge in [0.1, 0.15) is 0 Å². The number of carbonyl (C=O) groups excluding carboxylic acids is 1. The van der Waals surface area contributed by atoms with Gasteiger partial charge in [0.15, 0.2) is 0 Å². The predicted octanol–water partition coefficient (Wildman–Crippen LogP) is 1.14. The normalized spacial score (nSPS) is 18.0. The van der Waals surface area contributed by atoms with Crippen molar-refractivity contribution in [3.05, 3.63) is 36.2 Å². The lowest BCUT2D eigenvalue weighted by Crippen LogP contribution is -2.36. The predicted molar refractivity (Wildman–Crippen MR) is 75.5 cm³/mol. The summed E-state index contributed by atoms with van der Waals surface area (Å²) < 4.78 is 0. The van der Waals surface area contributed by atoms with Crippen molar-refractivity contribution in [2.75, 3.05) is 13.1 Å². The van der Waals surface area contributed by atoms with Crippen LogP contribution in [-0.4, -0.2) is 35.0 Å². The number of amides is 1. The minimum Gasteiger partial charge on any atom is -0.348 e. The molecule has 1 unspecified atom stereocenters. The molecule has 0 radical (unpaired) electrons. The molecule has 2 heterocycles. The Labute approximate surface area is 117 Å². The molecule has 2 aromatic rings. The molecule has 1 saturated heterocycles. The largest absolute Gasteiger partial charge is 0.348 e.